The molecule has 0 saturated heterocycles. The highest BCUT2D eigenvalue weighted by molar-refractivity contribution is 5.29. The molecular formula is C20H28N4O. The Labute approximate surface area is 150 Å². The first-order valence-electron chi connectivity index (χ1n) is 9.03. The number of nitrogens with one attached hydrogen (secondary N) is 1. The van der Waals surface area contributed by atoms with E-state index in [2.05, 4.69) is 51.4 Å². The van der Waals surface area contributed by atoms with Gasteiger partial charge in [0.2, 0.25) is 0 Å². The minimum atomic E-state index is -0.389. The van der Waals surface area contributed by atoms with Gasteiger partial charge in [0.25, 0.3) is 0 Å². The van der Waals surface area contributed by atoms with Gasteiger partial charge in [-0.1, -0.05) is 24.3 Å². The van der Waals surface area contributed by atoms with Crippen LogP contribution in [-0.2, 0) is 13.0 Å². The SMILES string of the molecule is Cc1ncc(C(C)NCC(O)CN2CCc3ccccc3C2)c(C)n1. The largest absolute Gasteiger partial charge is 0.390 e. The molecule has 0 amide bonds. The van der Waals surface area contributed by atoms with Crippen LogP contribution < -0.4 is 5.32 Å². The molecule has 5 nitrogen and oxygen atoms in total. The van der Waals surface area contributed by atoms with E-state index in [0.717, 1.165) is 36.6 Å². The van der Waals surface area contributed by atoms with E-state index in [1.807, 2.05) is 20.0 Å². The van der Waals surface area contributed by atoms with Gasteiger partial charge in [-0.15, -0.1) is 0 Å². The molecule has 0 aliphatic carbocycles. The van der Waals surface area contributed by atoms with Crippen LogP contribution in [-0.4, -0.2) is 45.7 Å². The van der Waals surface area contributed by atoms with Crippen LogP contribution in [0.5, 0.6) is 0 Å². The number of aromatic nitrogens is 2. The summed E-state index contributed by atoms with van der Waals surface area (Å²) in [5.41, 5.74) is 4.91. The lowest BCUT2D eigenvalue weighted by molar-refractivity contribution is 0.102. The van der Waals surface area contributed by atoms with Gasteiger partial charge in [0.1, 0.15) is 5.82 Å². The molecule has 0 spiro atoms. The summed E-state index contributed by atoms with van der Waals surface area (Å²) in [5, 5.41) is 13.8. The van der Waals surface area contributed by atoms with Crippen molar-refractivity contribution in [2.24, 2.45) is 0 Å². The summed E-state index contributed by atoms with van der Waals surface area (Å²) in [6, 6.07) is 8.71. The van der Waals surface area contributed by atoms with E-state index < -0.39 is 0 Å². The predicted octanol–water partition coefficient (Wildman–Crippen LogP) is 2.16. The maximum absolute atomic E-state index is 10.4. The van der Waals surface area contributed by atoms with E-state index in [4.69, 9.17) is 0 Å². The van der Waals surface area contributed by atoms with Crippen molar-refractivity contribution in [3.05, 3.63) is 58.7 Å². The summed E-state index contributed by atoms with van der Waals surface area (Å²) in [5.74, 6) is 0.791. The van der Waals surface area contributed by atoms with Crippen LogP contribution in [0.1, 0.15) is 41.2 Å². The highest BCUT2D eigenvalue weighted by Crippen LogP contribution is 2.19. The summed E-state index contributed by atoms with van der Waals surface area (Å²) >= 11 is 0. The van der Waals surface area contributed by atoms with Crippen LogP contribution in [0.15, 0.2) is 30.5 Å². The maximum atomic E-state index is 10.4. The third-order valence-electron chi connectivity index (χ3n) is 4.94. The molecule has 2 unspecified atom stereocenters. The number of aryl methyl sites for hydroxylation is 2. The van der Waals surface area contributed by atoms with Gasteiger partial charge in [-0.25, -0.2) is 9.97 Å². The number of hydrogen-bond acceptors (Lipinski definition) is 5. The molecule has 134 valence electrons. The van der Waals surface area contributed by atoms with Crippen molar-refractivity contribution in [3.8, 4) is 0 Å². The zero-order valence-electron chi connectivity index (χ0n) is 15.4. The van der Waals surface area contributed by atoms with Crippen LogP contribution in [0.3, 0.4) is 0 Å². The first-order valence-corrected chi connectivity index (χ1v) is 9.03. The molecule has 25 heavy (non-hydrogen) atoms. The molecule has 0 radical (unpaired) electrons. The van der Waals surface area contributed by atoms with Gasteiger partial charge in [-0.05, 0) is 38.3 Å². The quantitative estimate of drug-likeness (QED) is 0.844. The summed E-state index contributed by atoms with van der Waals surface area (Å²) < 4.78 is 0. The molecule has 2 atom stereocenters. The second-order valence-corrected chi connectivity index (χ2v) is 7.00. The highest BCUT2D eigenvalue weighted by atomic mass is 16.3. The number of rotatable bonds is 6. The Kier molecular flexibility index (Phi) is 5.78. The average Bonchev–Trinajstić information content (AvgIpc) is 2.59. The summed E-state index contributed by atoms with van der Waals surface area (Å²) in [4.78, 5) is 11.0. The van der Waals surface area contributed by atoms with Gasteiger partial charge in [0, 0.05) is 49.7 Å². The molecule has 0 bridgehead atoms. The third-order valence-corrected chi connectivity index (χ3v) is 4.94. The van der Waals surface area contributed by atoms with Crippen LogP contribution in [0.2, 0.25) is 0 Å². The molecule has 2 heterocycles. The van der Waals surface area contributed by atoms with E-state index in [1.54, 1.807) is 0 Å². The molecule has 0 saturated carbocycles. The molecule has 1 aliphatic heterocycles. The number of nitrogens with zero attached hydrogens (tertiary/aromatic N) is 3. The standard InChI is InChI=1S/C20H28N4O/c1-14(20-11-22-16(3)23-15(20)2)21-10-19(25)13-24-9-8-17-6-4-5-7-18(17)12-24/h4-7,11,14,19,21,25H,8-10,12-13H2,1-3H3. The fourth-order valence-corrected chi connectivity index (χ4v) is 3.51. The van der Waals surface area contributed by atoms with Crippen molar-refractivity contribution < 1.29 is 5.11 Å². The Bertz CT molecular complexity index is 719. The molecule has 1 aromatic heterocycles. The van der Waals surface area contributed by atoms with E-state index in [-0.39, 0.29) is 12.1 Å². The number of benzene rings is 1. The van der Waals surface area contributed by atoms with Crippen molar-refractivity contribution in [2.75, 3.05) is 19.6 Å². The van der Waals surface area contributed by atoms with Crippen LogP contribution in [0.25, 0.3) is 0 Å². The van der Waals surface area contributed by atoms with Gasteiger partial charge < -0.3 is 10.4 Å². The minimum Gasteiger partial charge on any atom is -0.390 e. The predicted molar refractivity (Wildman–Crippen MR) is 99.4 cm³/mol. The van der Waals surface area contributed by atoms with Gasteiger partial charge in [0.15, 0.2) is 0 Å². The lowest BCUT2D eigenvalue weighted by atomic mass is 10.00. The Morgan fingerprint density at radius 1 is 1.24 bits per heavy atom. The normalized spacial score (nSPS) is 17.1. The molecule has 1 aliphatic rings. The molecule has 2 aromatic rings. The molecule has 1 aromatic carbocycles. The minimum absolute atomic E-state index is 0.123. The maximum Gasteiger partial charge on any atom is 0.125 e. The lowest BCUT2D eigenvalue weighted by Crippen LogP contribution is -2.41. The van der Waals surface area contributed by atoms with Gasteiger partial charge in [0.05, 0.1) is 6.10 Å². The van der Waals surface area contributed by atoms with E-state index in [9.17, 15) is 5.11 Å². The number of β-amino-alcohol motifs (C(OH)–C–C–N with tert-alkyl or cyclic N) is 1. The number of aliphatic hydroxyl groups excluding tert-OH is 1. The van der Waals surface area contributed by atoms with Crippen molar-refractivity contribution in [2.45, 2.75) is 45.9 Å². The first-order chi connectivity index (χ1) is 12.0. The number of aliphatic hydroxyl groups is 1. The fraction of sp³-hybridized carbons (Fsp3) is 0.500. The van der Waals surface area contributed by atoms with Crippen molar-refractivity contribution in [3.63, 3.8) is 0 Å². The molecule has 2 N–H and O–H groups in total. The third kappa shape index (κ3) is 4.63. The number of fused-ring (bicyclic) bond motifs is 1. The van der Waals surface area contributed by atoms with Gasteiger partial charge in [-0.2, -0.15) is 0 Å². The molecular weight excluding hydrogens is 312 g/mol. The van der Waals surface area contributed by atoms with E-state index in [0.29, 0.717) is 13.1 Å². The second kappa shape index (κ2) is 8.04. The number of hydrogen-bond donors (Lipinski definition) is 2. The Morgan fingerprint density at radius 3 is 2.76 bits per heavy atom. The van der Waals surface area contributed by atoms with Crippen LogP contribution >= 0.6 is 0 Å². The summed E-state index contributed by atoms with van der Waals surface area (Å²) in [6.45, 7) is 9.18. The van der Waals surface area contributed by atoms with Crippen molar-refractivity contribution in [1.29, 1.82) is 0 Å². The van der Waals surface area contributed by atoms with E-state index in [1.165, 1.54) is 11.1 Å². The lowest BCUT2D eigenvalue weighted by Gasteiger charge is -2.30. The zero-order chi connectivity index (χ0) is 17.8. The highest BCUT2D eigenvalue weighted by Gasteiger charge is 2.19. The van der Waals surface area contributed by atoms with Crippen LogP contribution in [0.4, 0.5) is 0 Å². The Balaban J connectivity index is 1.49. The fourth-order valence-electron chi connectivity index (χ4n) is 3.51. The first kappa shape index (κ1) is 18.0. The Hall–Kier alpha value is -1.82. The van der Waals surface area contributed by atoms with Gasteiger partial charge >= 0.3 is 0 Å². The summed E-state index contributed by atoms with van der Waals surface area (Å²) in [7, 11) is 0. The zero-order valence-corrected chi connectivity index (χ0v) is 15.4. The van der Waals surface area contributed by atoms with Gasteiger partial charge in [-0.3, -0.25) is 4.90 Å². The second-order valence-electron chi connectivity index (χ2n) is 7.00. The molecule has 5 heteroatoms. The van der Waals surface area contributed by atoms with Crippen molar-refractivity contribution >= 4 is 0 Å². The molecule has 3 rings (SSSR count). The van der Waals surface area contributed by atoms with Crippen LogP contribution in [0, 0.1) is 13.8 Å². The smallest absolute Gasteiger partial charge is 0.125 e. The van der Waals surface area contributed by atoms with E-state index >= 15 is 0 Å². The monoisotopic (exact) mass is 340 g/mol. The summed E-state index contributed by atoms with van der Waals surface area (Å²) in [6.07, 6.45) is 2.55. The van der Waals surface area contributed by atoms with Crippen molar-refractivity contribution in [1.82, 2.24) is 20.2 Å². The molecule has 0 fully saturated rings. The topological polar surface area (TPSA) is 61.3 Å². The Morgan fingerprint density at radius 2 is 2.00 bits per heavy atom. The average molecular weight is 340 g/mol.